The molecule has 0 spiro atoms. The lowest BCUT2D eigenvalue weighted by Crippen LogP contribution is -2.50. The van der Waals surface area contributed by atoms with Crippen molar-refractivity contribution >= 4 is 17.7 Å². The van der Waals surface area contributed by atoms with E-state index in [0.717, 1.165) is 44.0 Å². The second-order valence-electron chi connectivity index (χ2n) is 7.94. The van der Waals surface area contributed by atoms with Crippen molar-refractivity contribution in [2.75, 3.05) is 26.2 Å². The fourth-order valence-electron chi connectivity index (χ4n) is 3.80. The molecule has 0 radical (unpaired) electrons. The number of aryl methyl sites for hydroxylation is 1. The molecule has 1 unspecified atom stereocenters. The number of amides is 1. The van der Waals surface area contributed by atoms with Gasteiger partial charge < -0.3 is 4.90 Å². The van der Waals surface area contributed by atoms with E-state index in [1.165, 1.54) is 22.9 Å². The van der Waals surface area contributed by atoms with Gasteiger partial charge in [-0.25, -0.2) is 0 Å². The Morgan fingerprint density at radius 1 is 1.03 bits per heavy atom. The summed E-state index contributed by atoms with van der Waals surface area (Å²) in [7, 11) is 0. The van der Waals surface area contributed by atoms with Crippen LogP contribution < -0.4 is 0 Å². The van der Waals surface area contributed by atoms with Crippen LogP contribution >= 0.6 is 11.8 Å². The van der Waals surface area contributed by atoms with Gasteiger partial charge >= 0.3 is 0 Å². The van der Waals surface area contributed by atoms with Crippen molar-refractivity contribution in [3.05, 3.63) is 65.2 Å². The monoisotopic (exact) mass is 436 g/mol. The summed E-state index contributed by atoms with van der Waals surface area (Å²) >= 11 is 1.41. The van der Waals surface area contributed by atoms with Crippen LogP contribution in [0.5, 0.6) is 0 Å². The van der Waals surface area contributed by atoms with Crippen molar-refractivity contribution in [3.63, 3.8) is 0 Å². The fraction of sp³-hybridized carbons (Fsp3) is 0.391. The second kappa shape index (κ2) is 9.62. The Hall–Kier alpha value is -2.71. The van der Waals surface area contributed by atoms with Crippen LogP contribution in [0.1, 0.15) is 23.6 Å². The van der Waals surface area contributed by atoms with E-state index in [-0.39, 0.29) is 11.2 Å². The van der Waals surface area contributed by atoms with Crippen LogP contribution in [0.2, 0.25) is 0 Å². The van der Waals surface area contributed by atoms with E-state index in [1.807, 2.05) is 30.0 Å². The fourth-order valence-corrected chi connectivity index (χ4v) is 4.69. The van der Waals surface area contributed by atoms with Crippen molar-refractivity contribution in [3.8, 4) is 5.69 Å². The first-order chi connectivity index (χ1) is 15.0. The van der Waals surface area contributed by atoms with E-state index in [0.29, 0.717) is 5.16 Å². The number of carbonyl (C=O) groups is 1. The average molecular weight is 437 g/mol. The van der Waals surface area contributed by atoms with Gasteiger partial charge in [-0.05, 0) is 54.0 Å². The summed E-state index contributed by atoms with van der Waals surface area (Å²) in [5.41, 5.74) is 4.57. The molecule has 0 N–H and O–H groups in total. The molecule has 4 rings (SSSR count). The largest absolute Gasteiger partial charge is 0.339 e. The van der Waals surface area contributed by atoms with E-state index >= 15 is 0 Å². The number of nitrogens with zero attached hydrogens (tertiary/aromatic N) is 6. The third-order valence-corrected chi connectivity index (χ3v) is 6.83. The number of hydrogen-bond acceptors (Lipinski definition) is 6. The number of piperazine rings is 1. The average Bonchev–Trinajstić information content (AvgIpc) is 3.24. The molecule has 1 fully saturated rings. The summed E-state index contributed by atoms with van der Waals surface area (Å²) in [6.45, 7) is 10.3. The Morgan fingerprint density at radius 2 is 1.77 bits per heavy atom. The number of thioether (sulfide) groups is 1. The molecule has 2 heterocycles. The summed E-state index contributed by atoms with van der Waals surface area (Å²) in [5.74, 6) is 0.139. The van der Waals surface area contributed by atoms with Crippen LogP contribution in [0, 0.1) is 13.8 Å². The Morgan fingerprint density at radius 3 is 2.52 bits per heavy atom. The molecule has 7 nitrogen and oxygen atoms in total. The van der Waals surface area contributed by atoms with Gasteiger partial charge in [0.1, 0.15) is 0 Å². The minimum absolute atomic E-state index is 0.139. The molecule has 1 atom stereocenters. The van der Waals surface area contributed by atoms with Crippen LogP contribution in [0.3, 0.4) is 0 Å². The number of carbonyl (C=O) groups excluding carboxylic acids is 1. The summed E-state index contributed by atoms with van der Waals surface area (Å²) in [5, 5.41) is 12.6. The van der Waals surface area contributed by atoms with Gasteiger partial charge in [0.25, 0.3) is 0 Å². The zero-order chi connectivity index (χ0) is 21.8. The van der Waals surface area contributed by atoms with Gasteiger partial charge in [-0.1, -0.05) is 54.2 Å². The number of benzene rings is 2. The zero-order valence-electron chi connectivity index (χ0n) is 18.2. The quantitative estimate of drug-likeness (QED) is 0.553. The minimum Gasteiger partial charge on any atom is -0.339 e. The third-order valence-electron chi connectivity index (χ3n) is 5.81. The molecule has 31 heavy (non-hydrogen) atoms. The highest BCUT2D eigenvalue weighted by atomic mass is 32.2. The molecule has 0 saturated carbocycles. The predicted molar refractivity (Wildman–Crippen MR) is 122 cm³/mol. The Kier molecular flexibility index (Phi) is 6.67. The summed E-state index contributed by atoms with van der Waals surface area (Å²) in [4.78, 5) is 17.4. The highest BCUT2D eigenvalue weighted by Crippen LogP contribution is 2.26. The van der Waals surface area contributed by atoms with E-state index in [2.05, 4.69) is 64.6 Å². The number of aromatic nitrogens is 4. The van der Waals surface area contributed by atoms with Crippen molar-refractivity contribution in [1.82, 2.24) is 30.0 Å². The van der Waals surface area contributed by atoms with Gasteiger partial charge in [0.05, 0.1) is 10.9 Å². The predicted octanol–water partition coefficient (Wildman–Crippen LogP) is 3.10. The smallest absolute Gasteiger partial charge is 0.235 e. The molecule has 3 aromatic rings. The number of hydrogen-bond donors (Lipinski definition) is 0. The molecule has 1 aliphatic heterocycles. The van der Waals surface area contributed by atoms with Gasteiger partial charge in [-0.2, -0.15) is 4.68 Å². The number of tetrazole rings is 1. The Bertz CT molecular complexity index is 1030. The molecule has 8 heteroatoms. The summed E-state index contributed by atoms with van der Waals surface area (Å²) in [6, 6.07) is 16.5. The van der Waals surface area contributed by atoms with E-state index in [1.54, 1.807) is 4.68 Å². The maximum Gasteiger partial charge on any atom is 0.235 e. The Labute approximate surface area is 187 Å². The summed E-state index contributed by atoms with van der Waals surface area (Å²) < 4.78 is 1.73. The molecular formula is C23H28N6OS. The first-order valence-electron chi connectivity index (χ1n) is 10.6. The van der Waals surface area contributed by atoms with Gasteiger partial charge in [0.2, 0.25) is 11.1 Å². The summed E-state index contributed by atoms with van der Waals surface area (Å²) in [6.07, 6.45) is 0. The van der Waals surface area contributed by atoms with Crippen LogP contribution in [-0.4, -0.2) is 67.3 Å². The highest BCUT2D eigenvalue weighted by Gasteiger charge is 2.27. The molecule has 162 valence electrons. The second-order valence-corrected chi connectivity index (χ2v) is 9.25. The first-order valence-corrected chi connectivity index (χ1v) is 11.5. The van der Waals surface area contributed by atoms with Crippen LogP contribution in [0.4, 0.5) is 0 Å². The van der Waals surface area contributed by atoms with Crippen LogP contribution in [-0.2, 0) is 11.3 Å². The lowest BCUT2D eigenvalue weighted by Gasteiger charge is -2.35. The molecule has 1 amide bonds. The van der Waals surface area contributed by atoms with Gasteiger partial charge in [0, 0.05) is 32.7 Å². The van der Waals surface area contributed by atoms with Gasteiger partial charge in [0.15, 0.2) is 0 Å². The highest BCUT2D eigenvalue weighted by molar-refractivity contribution is 8.00. The van der Waals surface area contributed by atoms with Crippen molar-refractivity contribution in [2.24, 2.45) is 0 Å². The van der Waals surface area contributed by atoms with E-state index in [4.69, 9.17) is 0 Å². The topological polar surface area (TPSA) is 67.2 Å². The Balaban J connectivity index is 1.36. The molecule has 2 aromatic carbocycles. The third kappa shape index (κ3) is 4.97. The van der Waals surface area contributed by atoms with Crippen LogP contribution in [0.25, 0.3) is 5.69 Å². The molecule has 0 bridgehead atoms. The molecule has 1 aromatic heterocycles. The van der Waals surface area contributed by atoms with Gasteiger partial charge in [-0.15, -0.1) is 5.10 Å². The SMILES string of the molecule is Cc1cccc(-n2nnnc2SC(C)C(=O)N2CCN(Cc3ccccc3)CC2)c1C. The van der Waals surface area contributed by atoms with Crippen molar-refractivity contribution in [2.45, 2.75) is 37.7 Å². The maximum absolute atomic E-state index is 13.1. The molecular weight excluding hydrogens is 408 g/mol. The van der Waals surface area contributed by atoms with Crippen LogP contribution in [0.15, 0.2) is 53.7 Å². The van der Waals surface area contributed by atoms with Gasteiger partial charge in [-0.3, -0.25) is 9.69 Å². The lowest BCUT2D eigenvalue weighted by atomic mass is 10.1. The normalized spacial score (nSPS) is 15.8. The maximum atomic E-state index is 13.1. The van der Waals surface area contributed by atoms with Crippen molar-refractivity contribution < 1.29 is 4.79 Å². The zero-order valence-corrected chi connectivity index (χ0v) is 19.0. The van der Waals surface area contributed by atoms with E-state index < -0.39 is 0 Å². The number of rotatable bonds is 6. The lowest BCUT2D eigenvalue weighted by molar-refractivity contribution is -0.132. The molecule has 1 saturated heterocycles. The minimum atomic E-state index is -0.254. The van der Waals surface area contributed by atoms with Crippen molar-refractivity contribution in [1.29, 1.82) is 0 Å². The standard InChI is InChI=1S/C23H28N6OS/c1-17-8-7-11-21(18(17)2)29-23(24-25-26-29)31-19(3)22(30)28-14-12-27(13-15-28)16-20-9-5-4-6-10-20/h4-11,19H,12-16H2,1-3H3. The first kappa shape index (κ1) is 21.5. The van der Waals surface area contributed by atoms with E-state index in [9.17, 15) is 4.79 Å². The molecule has 1 aliphatic rings. The molecule has 0 aliphatic carbocycles.